The van der Waals surface area contributed by atoms with E-state index in [1.165, 1.54) is 51.4 Å². The van der Waals surface area contributed by atoms with Gasteiger partial charge in [0.25, 0.3) is 0 Å². The van der Waals surface area contributed by atoms with Crippen LogP contribution in [0.2, 0.25) is 0 Å². The molecule has 4 rings (SSSR count). The molecule has 1 aromatic rings. The molecule has 0 saturated heterocycles. The van der Waals surface area contributed by atoms with E-state index < -0.39 is 11.6 Å². The molecule has 0 spiro atoms. The Hall–Kier alpha value is -1.82. The van der Waals surface area contributed by atoms with Crippen LogP contribution in [0.4, 0.5) is 8.78 Å². The zero-order valence-corrected chi connectivity index (χ0v) is 19.7. The summed E-state index contributed by atoms with van der Waals surface area (Å²) in [7, 11) is 0. The fraction of sp³-hybridized carbons (Fsp3) is 0.655. The Morgan fingerprint density at radius 1 is 0.812 bits per heavy atom. The maximum absolute atomic E-state index is 14.5. The second-order valence-electron chi connectivity index (χ2n) is 10.3. The van der Waals surface area contributed by atoms with Crippen molar-refractivity contribution in [3.05, 3.63) is 41.5 Å². The molecular weight excluding hydrogens is 402 g/mol. The second-order valence-corrected chi connectivity index (χ2v) is 10.3. The predicted octanol–water partition coefficient (Wildman–Crippen LogP) is 8.05. The molecule has 2 atom stereocenters. The summed E-state index contributed by atoms with van der Waals surface area (Å²) in [4.78, 5) is 0. The van der Waals surface area contributed by atoms with Gasteiger partial charge in [-0.25, -0.2) is 4.39 Å². The van der Waals surface area contributed by atoms with Crippen molar-refractivity contribution < 1.29 is 13.5 Å². The van der Waals surface area contributed by atoms with Crippen LogP contribution in [-0.4, -0.2) is 6.61 Å². The van der Waals surface area contributed by atoms with Gasteiger partial charge in [0.05, 0.1) is 6.61 Å². The van der Waals surface area contributed by atoms with Gasteiger partial charge in [-0.1, -0.05) is 49.8 Å². The fourth-order valence-electron chi connectivity index (χ4n) is 6.02. The highest BCUT2D eigenvalue weighted by Crippen LogP contribution is 2.41. The largest absolute Gasteiger partial charge is 0.491 e. The minimum atomic E-state index is -0.877. The predicted molar refractivity (Wildman–Crippen MR) is 126 cm³/mol. The van der Waals surface area contributed by atoms with Crippen LogP contribution in [0.1, 0.15) is 89.5 Å². The van der Waals surface area contributed by atoms with E-state index in [2.05, 4.69) is 24.8 Å². The fourth-order valence-corrected chi connectivity index (χ4v) is 6.02. The minimum Gasteiger partial charge on any atom is -0.491 e. The molecule has 1 aromatic carbocycles. The van der Waals surface area contributed by atoms with Crippen LogP contribution in [-0.2, 0) is 0 Å². The molecule has 0 radical (unpaired) electrons. The molecule has 1 nitrogen and oxygen atoms in total. The quantitative estimate of drug-likeness (QED) is 0.340. The minimum absolute atomic E-state index is 0.00921. The Kier molecular flexibility index (Phi) is 7.93. The summed E-state index contributed by atoms with van der Waals surface area (Å²) in [5.41, 5.74) is 0.420. The molecule has 0 amide bonds. The van der Waals surface area contributed by atoms with E-state index in [1.807, 2.05) is 6.08 Å². The van der Waals surface area contributed by atoms with Crippen molar-refractivity contribution in [3.63, 3.8) is 0 Å². The van der Waals surface area contributed by atoms with Crippen molar-refractivity contribution in [3.8, 4) is 17.6 Å². The van der Waals surface area contributed by atoms with E-state index in [0.29, 0.717) is 18.1 Å². The van der Waals surface area contributed by atoms with E-state index in [4.69, 9.17) is 4.74 Å². The normalized spacial score (nSPS) is 32.8. The molecular formula is C29H38F2O. The first-order chi connectivity index (χ1) is 15.5. The van der Waals surface area contributed by atoms with E-state index in [1.54, 1.807) is 19.1 Å². The molecule has 0 bridgehead atoms. The molecule has 3 heteroatoms. The van der Waals surface area contributed by atoms with Crippen LogP contribution in [0.5, 0.6) is 5.75 Å². The highest BCUT2D eigenvalue weighted by Gasteiger charge is 2.29. The number of halogens is 2. The first kappa shape index (κ1) is 23.3. The standard InChI is InChI=1S/C29H38F2O/c1-3-32-27-19-18-26(28(30)29(27)31)25-16-10-22(11-17-25)7-6-21-8-14-24(15-9-21)23-12-4-20(2)5-13-23/h10,16,18-25H,3-5,8-9,11-15,17H2,1-2H3. The third kappa shape index (κ3) is 5.56. The zero-order valence-electron chi connectivity index (χ0n) is 19.7. The molecule has 2 fully saturated rings. The highest BCUT2D eigenvalue weighted by atomic mass is 19.2. The van der Waals surface area contributed by atoms with Crippen molar-refractivity contribution in [1.29, 1.82) is 0 Å². The van der Waals surface area contributed by atoms with Crippen LogP contribution < -0.4 is 4.74 Å². The van der Waals surface area contributed by atoms with Gasteiger partial charge in [0, 0.05) is 17.8 Å². The summed E-state index contributed by atoms with van der Waals surface area (Å²) < 4.78 is 33.9. The molecule has 32 heavy (non-hydrogen) atoms. The van der Waals surface area contributed by atoms with Crippen molar-refractivity contribution in [2.24, 2.45) is 29.6 Å². The van der Waals surface area contributed by atoms with Gasteiger partial charge in [0.15, 0.2) is 11.6 Å². The summed E-state index contributed by atoms with van der Waals surface area (Å²) in [5, 5.41) is 0. The summed E-state index contributed by atoms with van der Waals surface area (Å²) in [6.45, 7) is 4.48. The van der Waals surface area contributed by atoms with Crippen LogP contribution in [0.25, 0.3) is 0 Å². The average molecular weight is 441 g/mol. The van der Waals surface area contributed by atoms with E-state index in [0.717, 1.165) is 30.6 Å². The molecule has 2 saturated carbocycles. The average Bonchev–Trinajstić information content (AvgIpc) is 2.82. The first-order valence-electron chi connectivity index (χ1n) is 12.8. The van der Waals surface area contributed by atoms with E-state index >= 15 is 0 Å². The SMILES string of the molecule is CCOc1ccc(C2C=CC(C#CC3CCC(C4CCC(C)CC4)CC3)CC2)c(F)c1F. The van der Waals surface area contributed by atoms with E-state index in [9.17, 15) is 8.78 Å². The van der Waals surface area contributed by atoms with Gasteiger partial charge in [-0.05, 0) is 87.7 Å². The number of hydrogen-bond donors (Lipinski definition) is 0. The second kappa shape index (κ2) is 10.9. The Morgan fingerprint density at radius 3 is 2.12 bits per heavy atom. The Morgan fingerprint density at radius 2 is 1.50 bits per heavy atom. The number of allylic oxidation sites excluding steroid dienone is 2. The van der Waals surface area contributed by atoms with E-state index in [-0.39, 0.29) is 17.6 Å². The van der Waals surface area contributed by atoms with Crippen LogP contribution in [0.15, 0.2) is 24.3 Å². The topological polar surface area (TPSA) is 9.23 Å². The lowest BCUT2D eigenvalue weighted by Gasteiger charge is -2.36. The Labute approximate surface area is 193 Å². The lowest BCUT2D eigenvalue weighted by Crippen LogP contribution is -2.25. The van der Waals surface area contributed by atoms with Crippen molar-refractivity contribution in [1.82, 2.24) is 0 Å². The zero-order chi connectivity index (χ0) is 22.5. The first-order valence-corrected chi connectivity index (χ1v) is 12.8. The number of ether oxygens (including phenoxy) is 1. The monoisotopic (exact) mass is 440 g/mol. The van der Waals surface area contributed by atoms with Crippen molar-refractivity contribution >= 4 is 0 Å². The third-order valence-corrected chi connectivity index (χ3v) is 8.11. The molecule has 2 unspecified atom stereocenters. The summed E-state index contributed by atoms with van der Waals surface area (Å²) >= 11 is 0. The lowest BCUT2D eigenvalue weighted by atomic mass is 9.69. The van der Waals surface area contributed by atoms with Gasteiger partial charge in [-0.15, -0.1) is 0 Å². The summed E-state index contributed by atoms with van der Waals surface area (Å²) in [6.07, 6.45) is 16.7. The molecule has 3 aliphatic carbocycles. The van der Waals surface area contributed by atoms with Gasteiger partial charge in [-0.3, -0.25) is 0 Å². The summed E-state index contributed by atoms with van der Waals surface area (Å²) in [6, 6.07) is 3.21. The lowest BCUT2D eigenvalue weighted by molar-refractivity contribution is 0.162. The Bertz CT molecular complexity index is 848. The number of hydrogen-bond acceptors (Lipinski definition) is 1. The maximum atomic E-state index is 14.5. The number of benzene rings is 1. The summed E-state index contributed by atoms with van der Waals surface area (Å²) in [5.74, 6) is 8.90. The van der Waals surface area contributed by atoms with Gasteiger partial charge in [-0.2, -0.15) is 4.39 Å². The molecule has 0 heterocycles. The molecule has 0 aliphatic heterocycles. The van der Waals surface area contributed by atoms with Crippen molar-refractivity contribution in [2.45, 2.75) is 84.0 Å². The van der Waals surface area contributed by atoms with Gasteiger partial charge < -0.3 is 4.74 Å². The van der Waals surface area contributed by atoms with Gasteiger partial charge in [0.2, 0.25) is 5.82 Å². The Balaban J connectivity index is 1.28. The van der Waals surface area contributed by atoms with Crippen LogP contribution >= 0.6 is 0 Å². The molecule has 0 N–H and O–H groups in total. The van der Waals surface area contributed by atoms with Crippen LogP contribution in [0, 0.1) is 53.1 Å². The third-order valence-electron chi connectivity index (χ3n) is 8.11. The van der Waals surface area contributed by atoms with Crippen LogP contribution in [0.3, 0.4) is 0 Å². The maximum Gasteiger partial charge on any atom is 0.200 e. The molecule has 3 aliphatic rings. The van der Waals surface area contributed by atoms with Gasteiger partial charge >= 0.3 is 0 Å². The highest BCUT2D eigenvalue weighted by molar-refractivity contribution is 5.36. The van der Waals surface area contributed by atoms with Gasteiger partial charge in [0.1, 0.15) is 0 Å². The molecule has 174 valence electrons. The molecule has 0 aromatic heterocycles. The van der Waals surface area contributed by atoms with Crippen molar-refractivity contribution in [2.75, 3.05) is 6.61 Å². The smallest absolute Gasteiger partial charge is 0.200 e. The number of rotatable bonds is 4.